The van der Waals surface area contributed by atoms with E-state index in [4.69, 9.17) is 15.2 Å². The third-order valence-corrected chi connectivity index (χ3v) is 4.70. The second-order valence-electron chi connectivity index (χ2n) is 6.48. The number of rotatable bonds is 7. The molecule has 1 fully saturated rings. The van der Waals surface area contributed by atoms with E-state index < -0.39 is 30.8 Å². The van der Waals surface area contributed by atoms with Gasteiger partial charge in [0.15, 0.2) is 17.7 Å². The van der Waals surface area contributed by atoms with Gasteiger partial charge in [0.1, 0.15) is 29.9 Å². The van der Waals surface area contributed by atoms with E-state index in [-0.39, 0.29) is 12.4 Å². The van der Waals surface area contributed by atoms with Gasteiger partial charge in [0.25, 0.3) is 0 Å². The molecule has 0 aromatic carbocycles. The molecule has 1 saturated heterocycles. The molecule has 6 N–H and O–H groups in total. The van der Waals surface area contributed by atoms with Crippen molar-refractivity contribution in [2.45, 2.75) is 37.1 Å². The van der Waals surface area contributed by atoms with Crippen molar-refractivity contribution in [3.05, 3.63) is 30.9 Å². The Balaban J connectivity index is 1.57. The molecule has 3 aromatic rings. The summed E-state index contributed by atoms with van der Waals surface area (Å²) in [6.45, 7) is -0.379. The largest absolute Gasteiger partial charge is 0.394 e. The fraction of sp³-hybridized carbons (Fsp3) is 0.500. The minimum atomic E-state index is -2.12. The number of fused-ring (bicyclic) bond motifs is 1. The van der Waals surface area contributed by atoms with Gasteiger partial charge in [-0.1, -0.05) is 0 Å². The number of aromatic amines is 1. The van der Waals surface area contributed by atoms with E-state index in [0.29, 0.717) is 24.0 Å². The molecule has 12 nitrogen and oxygen atoms in total. The number of anilines is 1. The van der Waals surface area contributed by atoms with Crippen LogP contribution in [0, 0.1) is 0 Å². The zero-order valence-corrected chi connectivity index (χ0v) is 14.8. The molecular weight excluding hydrogens is 370 g/mol. The molecule has 4 atom stereocenters. The number of aliphatic hydroxyl groups excluding tert-OH is 2. The van der Waals surface area contributed by atoms with Crippen LogP contribution >= 0.6 is 0 Å². The molecule has 1 aliphatic heterocycles. The van der Waals surface area contributed by atoms with E-state index in [1.807, 2.05) is 0 Å². The Morgan fingerprint density at radius 2 is 2.18 bits per heavy atom. The fourth-order valence-electron chi connectivity index (χ4n) is 3.27. The summed E-state index contributed by atoms with van der Waals surface area (Å²) in [6, 6.07) is 0. The Bertz CT molecular complexity index is 933. The molecule has 150 valence electrons. The third-order valence-electron chi connectivity index (χ3n) is 4.70. The summed E-state index contributed by atoms with van der Waals surface area (Å²) in [5.41, 5.74) is 6.43. The van der Waals surface area contributed by atoms with E-state index in [0.717, 1.165) is 5.82 Å². The highest BCUT2D eigenvalue weighted by Gasteiger charge is 2.58. The first kappa shape index (κ1) is 18.7. The van der Waals surface area contributed by atoms with Gasteiger partial charge in [0.2, 0.25) is 5.79 Å². The first-order valence-electron chi connectivity index (χ1n) is 8.76. The Morgan fingerprint density at radius 3 is 2.93 bits per heavy atom. The molecule has 0 saturated carbocycles. The average molecular weight is 391 g/mol. The second kappa shape index (κ2) is 7.41. The van der Waals surface area contributed by atoms with Crippen molar-refractivity contribution >= 4 is 17.0 Å². The van der Waals surface area contributed by atoms with E-state index in [1.54, 1.807) is 12.4 Å². The zero-order valence-electron chi connectivity index (χ0n) is 14.8. The fourth-order valence-corrected chi connectivity index (χ4v) is 3.27. The number of aliphatic hydroxyl groups is 3. The SMILES string of the molecule is Nc1ncnc2c1ncn2[C@@H]1O[C@H](CO)[C@@H](O)[C@]1(O)OCCCc1ncc[nH]1. The van der Waals surface area contributed by atoms with Crippen LogP contribution in [-0.2, 0) is 15.9 Å². The van der Waals surface area contributed by atoms with Gasteiger partial charge in [-0.2, -0.15) is 0 Å². The smallest absolute Gasteiger partial charge is 0.241 e. The Kier molecular flexibility index (Phi) is 4.95. The maximum Gasteiger partial charge on any atom is 0.241 e. The molecule has 28 heavy (non-hydrogen) atoms. The highest BCUT2D eigenvalue weighted by molar-refractivity contribution is 5.81. The van der Waals surface area contributed by atoms with Gasteiger partial charge in [0.05, 0.1) is 19.5 Å². The minimum absolute atomic E-state index is 0.121. The quantitative estimate of drug-likeness (QED) is 0.241. The van der Waals surface area contributed by atoms with Crippen LogP contribution in [0.4, 0.5) is 5.82 Å². The molecule has 3 aromatic heterocycles. The van der Waals surface area contributed by atoms with Crippen LogP contribution in [0.5, 0.6) is 0 Å². The van der Waals surface area contributed by atoms with Crippen LogP contribution in [0.25, 0.3) is 11.2 Å². The van der Waals surface area contributed by atoms with Crippen LogP contribution < -0.4 is 5.73 Å². The number of H-pyrrole nitrogens is 1. The number of nitrogens with two attached hydrogens (primary N) is 1. The summed E-state index contributed by atoms with van der Waals surface area (Å²) in [5.74, 6) is -1.16. The Morgan fingerprint density at radius 1 is 1.32 bits per heavy atom. The number of hydrogen-bond acceptors (Lipinski definition) is 10. The molecule has 0 unspecified atom stereocenters. The molecule has 0 bridgehead atoms. The molecule has 4 rings (SSSR count). The van der Waals surface area contributed by atoms with Crippen LogP contribution in [0.3, 0.4) is 0 Å². The average Bonchev–Trinajstić information content (AvgIpc) is 3.40. The highest BCUT2D eigenvalue weighted by Crippen LogP contribution is 2.40. The number of imidazole rings is 2. The van der Waals surface area contributed by atoms with E-state index in [2.05, 4.69) is 24.9 Å². The summed E-state index contributed by atoms with van der Waals surface area (Å²) in [4.78, 5) is 19.2. The number of aromatic nitrogens is 6. The van der Waals surface area contributed by atoms with E-state index in [9.17, 15) is 15.3 Å². The Hall–Kier alpha value is -2.64. The topological polar surface area (TPSA) is 177 Å². The highest BCUT2D eigenvalue weighted by atomic mass is 16.7. The van der Waals surface area contributed by atoms with Gasteiger partial charge in [-0.25, -0.2) is 19.9 Å². The van der Waals surface area contributed by atoms with Gasteiger partial charge >= 0.3 is 0 Å². The van der Waals surface area contributed by atoms with E-state index in [1.165, 1.54) is 17.2 Å². The summed E-state index contributed by atoms with van der Waals surface area (Å²) in [7, 11) is 0. The number of ether oxygens (including phenoxy) is 2. The van der Waals surface area contributed by atoms with Gasteiger partial charge in [-0.3, -0.25) is 4.57 Å². The number of nitrogens with one attached hydrogen (secondary N) is 1. The lowest BCUT2D eigenvalue weighted by molar-refractivity contribution is -0.277. The van der Waals surface area contributed by atoms with Crippen LogP contribution in [0.15, 0.2) is 25.0 Å². The van der Waals surface area contributed by atoms with Crippen LogP contribution in [0.1, 0.15) is 18.5 Å². The van der Waals surface area contributed by atoms with Gasteiger partial charge in [-0.05, 0) is 6.42 Å². The van der Waals surface area contributed by atoms with Gasteiger partial charge in [0, 0.05) is 18.8 Å². The molecule has 4 heterocycles. The molecule has 0 spiro atoms. The number of aryl methyl sites for hydroxylation is 1. The van der Waals surface area contributed by atoms with Crippen molar-refractivity contribution in [3.8, 4) is 0 Å². The predicted octanol–water partition coefficient (Wildman–Crippen LogP) is -1.28. The summed E-state index contributed by atoms with van der Waals surface area (Å²) < 4.78 is 12.7. The van der Waals surface area contributed by atoms with Crippen molar-refractivity contribution in [3.63, 3.8) is 0 Å². The maximum atomic E-state index is 11.1. The first-order valence-corrected chi connectivity index (χ1v) is 8.76. The van der Waals surface area contributed by atoms with Gasteiger partial charge < -0.3 is 35.5 Å². The van der Waals surface area contributed by atoms with Crippen LogP contribution in [-0.4, -0.2) is 76.0 Å². The summed E-state index contributed by atoms with van der Waals surface area (Å²) in [5, 5.41) is 31.1. The first-order chi connectivity index (χ1) is 13.5. The molecule has 1 aliphatic rings. The molecule has 0 radical (unpaired) electrons. The van der Waals surface area contributed by atoms with Crippen LogP contribution in [0.2, 0.25) is 0 Å². The van der Waals surface area contributed by atoms with Crippen molar-refractivity contribution in [2.75, 3.05) is 18.9 Å². The predicted molar refractivity (Wildman–Crippen MR) is 94.5 cm³/mol. The van der Waals surface area contributed by atoms with Crippen molar-refractivity contribution < 1.29 is 24.8 Å². The molecule has 0 aliphatic carbocycles. The number of hydrogen-bond donors (Lipinski definition) is 5. The zero-order chi connectivity index (χ0) is 19.7. The molecule has 0 amide bonds. The van der Waals surface area contributed by atoms with Crippen molar-refractivity contribution in [2.24, 2.45) is 0 Å². The second-order valence-corrected chi connectivity index (χ2v) is 6.48. The van der Waals surface area contributed by atoms with E-state index >= 15 is 0 Å². The lowest BCUT2D eigenvalue weighted by Crippen LogP contribution is -2.49. The maximum absolute atomic E-state index is 11.1. The summed E-state index contributed by atoms with van der Waals surface area (Å²) in [6.07, 6.45) is 3.42. The van der Waals surface area contributed by atoms with Gasteiger partial charge in [-0.15, -0.1) is 0 Å². The normalized spacial score (nSPS) is 27.6. The summed E-state index contributed by atoms with van der Waals surface area (Å²) >= 11 is 0. The lowest BCUT2D eigenvalue weighted by atomic mass is 10.1. The Labute approximate surface area is 159 Å². The number of nitrogen functional groups attached to an aromatic ring is 1. The third kappa shape index (κ3) is 3.10. The van der Waals surface area contributed by atoms with Crippen molar-refractivity contribution in [1.29, 1.82) is 0 Å². The number of nitrogens with zero attached hydrogens (tertiary/aromatic N) is 5. The molecule has 12 heteroatoms. The minimum Gasteiger partial charge on any atom is -0.394 e. The monoisotopic (exact) mass is 391 g/mol. The standard InChI is InChI=1S/C16H21N7O5/c17-13-11-14(21-7-20-13)23(8-22-11)15-16(26,12(25)9(6-24)28-15)27-5-1-2-10-18-3-4-19-10/h3-4,7-9,12,15,24-26H,1-2,5-6H2,(H,18,19)(H2,17,20,21)/t9-,12-,15-,16+/m1/s1. The van der Waals surface area contributed by atoms with Crippen molar-refractivity contribution in [1.82, 2.24) is 29.5 Å². The molecular formula is C16H21N7O5. The lowest BCUT2D eigenvalue weighted by Gasteiger charge is -2.31.